The number of nitrogens with zero attached hydrogens (tertiary/aromatic N) is 1. The van der Waals surface area contributed by atoms with E-state index in [0.29, 0.717) is 22.7 Å². The monoisotopic (exact) mass is 560 g/mol. The van der Waals surface area contributed by atoms with Gasteiger partial charge in [-0.05, 0) is 54.8 Å². The van der Waals surface area contributed by atoms with Crippen LogP contribution >= 0.6 is 11.6 Å². The van der Waals surface area contributed by atoms with Crippen molar-refractivity contribution in [2.75, 3.05) is 11.9 Å². The molecule has 3 aromatic rings. The Kier molecular flexibility index (Phi) is 9.69. The summed E-state index contributed by atoms with van der Waals surface area (Å²) in [6.07, 6.45) is 0.525. The van der Waals surface area contributed by atoms with Crippen LogP contribution in [0.1, 0.15) is 46.3 Å². The van der Waals surface area contributed by atoms with Crippen molar-refractivity contribution in [3.63, 3.8) is 0 Å². The molecule has 0 spiro atoms. The zero-order chi connectivity index (χ0) is 28.6. The Morgan fingerprint density at radius 2 is 1.68 bits per heavy atom. The molecular formula is C31H33ClN4O4. The molecule has 208 valence electrons. The maximum absolute atomic E-state index is 13.6. The second-order valence-electron chi connectivity index (χ2n) is 9.89. The summed E-state index contributed by atoms with van der Waals surface area (Å²) >= 11 is 6.09. The number of nitrogens with one attached hydrogen (secondary N) is 2. The molecule has 40 heavy (non-hydrogen) atoms. The van der Waals surface area contributed by atoms with Gasteiger partial charge >= 0.3 is 0 Å². The summed E-state index contributed by atoms with van der Waals surface area (Å²) in [6, 6.07) is 19.8. The molecule has 1 aliphatic heterocycles. The molecule has 3 aromatic carbocycles. The van der Waals surface area contributed by atoms with Gasteiger partial charge in [-0.25, -0.2) is 0 Å². The number of aryl methyl sites for hydroxylation is 1. The van der Waals surface area contributed by atoms with E-state index >= 15 is 0 Å². The number of anilines is 1. The van der Waals surface area contributed by atoms with Crippen molar-refractivity contribution in [3.8, 4) is 0 Å². The van der Waals surface area contributed by atoms with Gasteiger partial charge in [-0.2, -0.15) is 0 Å². The van der Waals surface area contributed by atoms with Crippen molar-refractivity contribution in [2.24, 2.45) is 5.73 Å². The topological polar surface area (TPSA) is 122 Å². The van der Waals surface area contributed by atoms with Gasteiger partial charge in [0.25, 0.3) is 0 Å². The Morgan fingerprint density at radius 3 is 2.38 bits per heavy atom. The van der Waals surface area contributed by atoms with E-state index in [1.54, 1.807) is 42.5 Å². The average Bonchev–Trinajstić information content (AvgIpc) is 2.97. The quantitative estimate of drug-likeness (QED) is 0.323. The lowest BCUT2D eigenvalue weighted by Gasteiger charge is -2.36. The SMILES string of the molecule is Cc1cc(NC(=O)[C@H](CCN)NC(=O)[C@@H]2Cc3ccccc3CN2C(=O)CCC(=O)c2ccccc2)ccc1Cl. The van der Waals surface area contributed by atoms with Crippen LogP contribution in [0.25, 0.3) is 0 Å². The van der Waals surface area contributed by atoms with Crippen molar-refractivity contribution in [2.45, 2.75) is 51.2 Å². The zero-order valence-electron chi connectivity index (χ0n) is 22.4. The summed E-state index contributed by atoms with van der Waals surface area (Å²) < 4.78 is 0. The molecular weight excluding hydrogens is 528 g/mol. The first kappa shape index (κ1) is 29.0. The van der Waals surface area contributed by atoms with Gasteiger partial charge in [-0.1, -0.05) is 66.2 Å². The average molecular weight is 561 g/mol. The van der Waals surface area contributed by atoms with Crippen LogP contribution in [-0.2, 0) is 27.3 Å². The number of halogens is 1. The molecule has 0 fully saturated rings. The summed E-state index contributed by atoms with van der Waals surface area (Å²) in [6.45, 7) is 2.25. The van der Waals surface area contributed by atoms with Crippen LogP contribution in [0.5, 0.6) is 0 Å². The fourth-order valence-corrected chi connectivity index (χ4v) is 4.92. The molecule has 4 N–H and O–H groups in total. The van der Waals surface area contributed by atoms with Gasteiger partial charge in [0, 0.05) is 42.1 Å². The molecule has 0 unspecified atom stereocenters. The number of ketones is 1. The third kappa shape index (κ3) is 7.14. The minimum atomic E-state index is -0.901. The number of benzene rings is 3. The van der Waals surface area contributed by atoms with Crippen LogP contribution in [0, 0.1) is 6.92 Å². The number of rotatable bonds is 10. The summed E-state index contributed by atoms with van der Waals surface area (Å²) in [5.41, 5.74) is 9.58. The van der Waals surface area contributed by atoms with E-state index < -0.39 is 23.9 Å². The minimum absolute atomic E-state index is 0.0255. The lowest BCUT2D eigenvalue weighted by atomic mass is 9.92. The molecule has 1 heterocycles. The van der Waals surface area contributed by atoms with E-state index in [0.717, 1.165) is 16.7 Å². The highest BCUT2D eigenvalue weighted by Crippen LogP contribution is 2.25. The lowest BCUT2D eigenvalue weighted by molar-refractivity contribution is -0.142. The molecule has 8 nitrogen and oxygen atoms in total. The Bertz CT molecular complexity index is 1400. The first-order chi connectivity index (χ1) is 19.3. The van der Waals surface area contributed by atoms with E-state index in [2.05, 4.69) is 10.6 Å². The molecule has 0 aliphatic carbocycles. The number of nitrogens with two attached hydrogens (primary N) is 1. The molecule has 9 heteroatoms. The number of carbonyl (C=O) groups is 4. The Morgan fingerprint density at radius 1 is 0.975 bits per heavy atom. The highest BCUT2D eigenvalue weighted by Gasteiger charge is 2.36. The Labute approximate surface area is 238 Å². The van der Waals surface area contributed by atoms with Gasteiger partial charge < -0.3 is 21.3 Å². The van der Waals surface area contributed by atoms with Gasteiger partial charge in [0.2, 0.25) is 17.7 Å². The van der Waals surface area contributed by atoms with Crippen molar-refractivity contribution in [1.82, 2.24) is 10.2 Å². The molecule has 0 saturated carbocycles. The fraction of sp³-hybridized carbons (Fsp3) is 0.290. The summed E-state index contributed by atoms with van der Waals surface area (Å²) in [7, 11) is 0. The normalized spacial score (nSPS) is 15.1. The highest BCUT2D eigenvalue weighted by atomic mass is 35.5. The third-order valence-electron chi connectivity index (χ3n) is 7.05. The third-order valence-corrected chi connectivity index (χ3v) is 7.47. The van der Waals surface area contributed by atoms with Gasteiger partial charge in [0.05, 0.1) is 0 Å². The first-order valence-corrected chi connectivity index (χ1v) is 13.7. The fourth-order valence-electron chi connectivity index (χ4n) is 4.81. The number of hydrogen-bond acceptors (Lipinski definition) is 5. The maximum Gasteiger partial charge on any atom is 0.246 e. The van der Waals surface area contributed by atoms with Crippen molar-refractivity contribution in [3.05, 3.63) is 100 Å². The van der Waals surface area contributed by atoms with E-state index in [-0.39, 0.29) is 44.0 Å². The Balaban J connectivity index is 1.49. The molecule has 0 radical (unpaired) electrons. The van der Waals surface area contributed by atoms with Crippen LogP contribution in [-0.4, -0.2) is 47.0 Å². The molecule has 2 atom stereocenters. The summed E-state index contributed by atoms with van der Waals surface area (Å²) in [5.74, 6) is -1.29. The van der Waals surface area contributed by atoms with Gasteiger partial charge in [-0.3, -0.25) is 19.2 Å². The number of fused-ring (bicyclic) bond motifs is 1. The number of carbonyl (C=O) groups excluding carboxylic acids is 4. The highest BCUT2D eigenvalue weighted by molar-refractivity contribution is 6.31. The standard InChI is InChI=1S/C31H33ClN4O4/c1-20-17-24(11-12-25(20)32)34-30(39)26(15-16-33)35-31(40)27-18-22-9-5-6-10-23(22)19-36(27)29(38)14-13-28(37)21-7-3-2-4-8-21/h2-12,17,26-27H,13-16,18-19,33H2,1H3,(H,34,39)(H,35,40)/t26-,27-/m0/s1. The second kappa shape index (κ2) is 13.4. The van der Waals surface area contributed by atoms with Gasteiger partial charge in [-0.15, -0.1) is 0 Å². The zero-order valence-corrected chi connectivity index (χ0v) is 23.1. The van der Waals surface area contributed by atoms with E-state index in [9.17, 15) is 19.2 Å². The van der Waals surface area contributed by atoms with Crippen LogP contribution in [0.3, 0.4) is 0 Å². The number of amides is 3. The lowest BCUT2D eigenvalue weighted by Crippen LogP contribution is -2.56. The second-order valence-corrected chi connectivity index (χ2v) is 10.3. The molecule has 3 amide bonds. The molecule has 0 aromatic heterocycles. The first-order valence-electron chi connectivity index (χ1n) is 13.3. The molecule has 0 bridgehead atoms. The molecule has 4 rings (SSSR count). The van der Waals surface area contributed by atoms with Crippen LogP contribution in [0.2, 0.25) is 5.02 Å². The van der Waals surface area contributed by atoms with E-state index in [1.807, 2.05) is 37.3 Å². The number of Topliss-reactive ketones (excluding diaryl/α,β-unsaturated/α-hetero) is 1. The summed E-state index contributed by atoms with van der Waals surface area (Å²) in [4.78, 5) is 54.2. The molecule has 0 saturated heterocycles. The van der Waals surface area contributed by atoms with E-state index in [4.69, 9.17) is 17.3 Å². The maximum atomic E-state index is 13.6. The van der Waals surface area contributed by atoms with E-state index in [1.165, 1.54) is 4.90 Å². The van der Waals surface area contributed by atoms with Crippen LogP contribution < -0.4 is 16.4 Å². The van der Waals surface area contributed by atoms with Crippen molar-refractivity contribution >= 4 is 40.8 Å². The predicted molar refractivity (Wildman–Crippen MR) is 155 cm³/mol. The van der Waals surface area contributed by atoms with Gasteiger partial charge in [0.15, 0.2) is 5.78 Å². The predicted octanol–water partition coefficient (Wildman–Crippen LogP) is 4.04. The summed E-state index contributed by atoms with van der Waals surface area (Å²) in [5, 5.41) is 6.22. The smallest absolute Gasteiger partial charge is 0.246 e. The largest absolute Gasteiger partial charge is 0.342 e. The molecule has 1 aliphatic rings. The van der Waals surface area contributed by atoms with Crippen molar-refractivity contribution in [1.29, 1.82) is 0 Å². The van der Waals surface area contributed by atoms with Gasteiger partial charge in [0.1, 0.15) is 12.1 Å². The van der Waals surface area contributed by atoms with Crippen molar-refractivity contribution < 1.29 is 19.2 Å². The Hall–Kier alpha value is -4.01. The number of hydrogen-bond donors (Lipinski definition) is 3. The van der Waals surface area contributed by atoms with Crippen LogP contribution in [0.15, 0.2) is 72.8 Å². The van der Waals surface area contributed by atoms with Crippen LogP contribution in [0.4, 0.5) is 5.69 Å². The minimum Gasteiger partial charge on any atom is -0.342 e.